The second kappa shape index (κ2) is 6.36. The molecule has 0 fully saturated rings. The first-order valence-corrected chi connectivity index (χ1v) is 7.86. The van der Waals surface area contributed by atoms with E-state index in [-0.39, 0.29) is 23.2 Å². The van der Waals surface area contributed by atoms with Crippen LogP contribution in [-0.2, 0) is 9.84 Å². The fourth-order valence-corrected chi connectivity index (χ4v) is 2.82. The molecule has 0 bridgehead atoms. The van der Waals surface area contributed by atoms with Gasteiger partial charge in [0.15, 0.2) is 0 Å². The van der Waals surface area contributed by atoms with Crippen molar-refractivity contribution in [3.63, 3.8) is 0 Å². The number of benzene rings is 1. The van der Waals surface area contributed by atoms with Crippen LogP contribution in [0.25, 0.3) is 0 Å². The highest BCUT2D eigenvalue weighted by Gasteiger charge is 2.15. The van der Waals surface area contributed by atoms with Crippen LogP contribution in [0.1, 0.15) is 24.8 Å². The molecule has 1 unspecified atom stereocenters. The summed E-state index contributed by atoms with van der Waals surface area (Å²) >= 11 is 5.81. The zero-order valence-corrected chi connectivity index (χ0v) is 11.3. The van der Waals surface area contributed by atoms with E-state index in [1.807, 2.05) is 0 Å². The van der Waals surface area contributed by atoms with Crippen LogP contribution in [0.4, 0.5) is 4.39 Å². The Morgan fingerprint density at radius 2 is 2.12 bits per heavy atom. The summed E-state index contributed by atoms with van der Waals surface area (Å²) in [5, 5.41) is 0. The minimum atomic E-state index is -3.00. The first-order valence-electron chi connectivity index (χ1n) is 5.50. The van der Waals surface area contributed by atoms with Crippen molar-refractivity contribution in [1.82, 2.24) is 0 Å². The Labute approximate surface area is 107 Å². The smallest absolute Gasteiger partial charge is 0.150 e. The van der Waals surface area contributed by atoms with Crippen molar-refractivity contribution in [2.24, 2.45) is 0 Å². The molecule has 0 aromatic heterocycles. The molecule has 0 heterocycles. The molecular formula is C12H16ClFO2S. The molecule has 1 aromatic carbocycles. The summed E-state index contributed by atoms with van der Waals surface area (Å²) in [6.07, 6.45) is 0.434. The Balaban J connectivity index is 2.73. The minimum Gasteiger partial charge on any atom is -0.229 e. The molecule has 0 amide bonds. The van der Waals surface area contributed by atoms with Crippen molar-refractivity contribution in [1.29, 1.82) is 0 Å². The SMILES string of the molecule is CCS(=O)(=O)CCC(CCl)c1cccc(F)c1. The molecule has 0 aliphatic heterocycles. The molecule has 0 aliphatic carbocycles. The highest BCUT2D eigenvalue weighted by molar-refractivity contribution is 7.91. The third-order valence-corrected chi connectivity index (χ3v) is 4.83. The van der Waals surface area contributed by atoms with Crippen LogP contribution in [0.3, 0.4) is 0 Å². The van der Waals surface area contributed by atoms with E-state index in [0.29, 0.717) is 12.3 Å². The fourth-order valence-electron chi connectivity index (χ4n) is 1.56. The number of rotatable bonds is 6. The Kier molecular flexibility index (Phi) is 5.40. The second-order valence-electron chi connectivity index (χ2n) is 3.93. The maximum absolute atomic E-state index is 13.0. The Hall–Kier alpha value is -0.610. The first kappa shape index (κ1) is 14.5. The van der Waals surface area contributed by atoms with Crippen molar-refractivity contribution in [2.45, 2.75) is 19.3 Å². The van der Waals surface area contributed by atoms with Gasteiger partial charge < -0.3 is 0 Å². The van der Waals surface area contributed by atoms with Crippen molar-refractivity contribution in [3.8, 4) is 0 Å². The summed E-state index contributed by atoms with van der Waals surface area (Å²) in [6.45, 7) is 1.62. The second-order valence-corrected chi connectivity index (χ2v) is 6.71. The average Bonchev–Trinajstić information content (AvgIpc) is 2.30. The van der Waals surface area contributed by atoms with Gasteiger partial charge >= 0.3 is 0 Å². The lowest BCUT2D eigenvalue weighted by atomic mass is 9.98. The molecule has 0 spiro atoms. The van der Waals surface area contributed by atoms with Crippen LogP contribution in [0.15, 0.2) is 24.3 Å². The van der Waals surface area contributed by atoms with Crippen LogP contribution in [0.2, 0.25) is 0 Å². The number of alkyl halides is 1. The Morgan fingerprint density at radius 1 is 1.41 bits per heavy atom. The van der Waals surface area contributed by atoms with E-state index in [9.17, 15) is 12.8 Å². The van der Waals surface area contributed by atoms with Crippen molar-refractivity contribution < 1.29 is 12.8 Å². The van der Waals surface area contributed by atoms with Crippen molar-refractivity contribution in [2.75, 3.05) is 17.4 Å². The maximum Gasteiger partial charge on any atom is 0.150 e. The topological polar surface area (TPSA) is 34.1 Å². The highest BCUT2D eigenvalue weighted by atomic mass is 35.5. The summed E-state index contributed by atoms with van der Waals surface area (Å²) in [4.78, 5) is 0. The summed E-state index contributed by atoms with van der Waals surface area (Å²) in [5.41, 5.74) is 0.756. The molecule has 17 heavy (non-hydrogen) atoms. The van der Waals surface area contributed by atoms with Gasteiger partial charge in [-0.2, -0.15) is 0 Å². The number of hydrogen-bond donors (Lipinski definition) is 0. The molecule has 0 saturated heterocycles. The quantitative estimate of drug-likeness (QED) is 0.750. The van der Waals surface area contributed by atoms with Gasteiger partial charge in [-0.25, -0.2) is 12.8 Å². The third kappa shape index (κ3) is 4.64. The molecule has 1 aromatic rings. The molecule has 0 saturated carbocycles. The third-order valence-electron chi connectivity index (χ3n) is 2.72. The van der Waals surface area contributed by atoms with E-state index in [4.69, 9.17) is 11.6 Å². The van der Waals surface area contributed by atoms with Gasteiger partial charge in [-0.05, 0) is 30.0 Å². The summed E-state index contributed by atoms with van der Waals surface area (Å²) in [7, 11) is -3.00. The van der Waals surface area contributed by atoms with Crippen molar-refractivity contribution in [3.05, 3.63) is 35.6 Å². The van der Waals surface area contributed by atoms with Crippen LogP contribution in [0.5, 0.6) is 0 Å². The van der Waals surface area contributed by atoms with Gasteiger partial charge in [0.2, 0.25) is 0 Å². The molecule has 1 atom stereocenters. The lowest BCUT2D eigenvalue weighted by Crippen LogP contribution is -2.13. The van der Waals surface area contributed by atoms with Crippen LogP contribution < -0.4 is 0 Å². The largest absolute Gasteiger partial charge is 0.229 e. The zero-order chi connectivity index (χ0) is 12.9. The number of sulfone groups is 1. The minimum absolute atomic E-state index is 0.0946. The van der Waals surface area contributed by atoms with Gasteiger partial charge in [0.05, 0.1) is 5.75 Å². The fraction of sp³-hybridized carbons (Fsp3) is 0.500. The van der Waals surface area contributed by atoms with Gasteiger partial charge in [-0.15, -0.1) is 11.6 Å². The molecule has 96 valence electrons. The van der Waals surface area contributed by atoms with E-state index in [0.717, 1.165) is 5.56 Å². The number of halogens is 2. The van der Waals surface area contributed by atoms with Gasteiger partial charge in [0.25, 0.3) is 0 Å². The van der Waals surface area contributed by atoms with Crippen molar-refractivity contribution >= 4 is 21.4 Å². The summed E-state index contributed by atoms with van der Waals surface area (Å²) in [6, 6.07) is 6.15. The lowest BCUT2D eigenvalue weighted by molar-refractivity contribution is 0.589. The van der Waals surface area contributed by atoms with Gasteiger partial charge in [0.1, 0.15) is 15.7 Å². The molecule has 5 heteroatoms. The van der Waals surface area contributed by atoms with Gasteiger partial charge in [-0.3, -0.25) is 0 Å². The maximum atomic E-state index is 13.0. The molecule has 0 radical (unpaired) electrons. The number of hydrogen-bond acceptors (Lipinski definition) is 2. The van der Waals surface area contributed by atoms with E-state index >= 15 is 0 Å². The monoisotopic (exact) mass is 278 g/mol. The zero-order valence-electron chi connectivity index (χ0n) is 9.70. The summed E-state index contributed by atoms with van der Waals surface area (Å²) < 4.78 is 35.8. The predicted molar refractivity (Wildman–Crippen MR) is 68.8 cm³/mol. The summed E-state index contributed by atoms with van der Waals surface area (Å²) in [5.74, 6) is 0.0790. The van der Waals surface area contributed by atoms with E-state index in [1.165, 1.54) is 12.1 Å². The van der Waals surface area contributed by atoms with Crippen LogP contribution in [0, 0.1) is 5.82 Å². The Bertz CT molecular complexity index is 459. The van der Waals surface area contributed by atoms with Crippen LogP contribution in [-0.4, -0.2) is 25.8 Å². The first-order chi connectivity index (χ1) is 7.98. The molecule has 0 N–H and O–H groups in total. The Morgan fingerprint density at radius 3 is 2.65 bits per heavy atom. The molecule has 1 rings (SSSR count). The normalized spacial score (nSPS) is 13.6. The van der Waals surface area contributed by atoms with Gasteiger partial charge in [-0.1, -0.05) is 19.1 Å². The van der Waals surface area contributed by atoms with Gasteiger partial charge in [0, 0.05) is 11.6 Å². The molecular weight excluding hydrogens is 263 g/mol. The molecule has 2 nitrogen and oxygen atoms in total. The van der Waals surface area contributed by atoms with E-state index in [1.54, 1.807) is 19.1 Å². The predicted octanol–water partition coefficient (Wildman–Crippen LogP) is 2.97. The van der Waals surface area contributed by atoms with Crippen LogP contribution >= 0.6 is 11.6 Å². The molecule has 0 aliphatic rings. The average molecular weight is 279 g/mol. The highest BCUT2D eigenvalue weighted by Crippen LogP contribution is 2.22. The van der Waals surface area contributed by atoms with E-state index in [2.05, 4.69) is 0 Å². The standard InChI is InChI=1S/C12H16ClFO2S/c1-2-17(15,16)7-6-11(9-13)10-4-3-5-12(14)8-10/h3-5,8,11H,2,6-7,9H2,1H3. The van der Waals surface area contributed by atoms with E-state index < -0.39 is 9.84 Å². The lowest BCUT2D eigenvalue weighted by Gasteiger charge is -2.14.